The Labute approximate surface area is 121 Å². The number of carbonyl (C=O) groups excluding carboxylic acids is 1. The predicted octanol–water partition coefficient (Wildman–Crippen LogP) is 1.85. The normalized spacial score (nSPS) is 16.2. The Morgan fingerprint density at radius 2 is 1.90 bits per heavy atom. The lowest BCUT2D eigenvalue weighted by molar-refractivity contribution is -0.133. The lowest BCUT2D eigenvalue weighted by atomic mass is 10.1. The van der Waals surface area contributed by atoms with Crippen LogP contribution in [-0.4, -0.2) is 55.5 Å². The van der Waals surface area contributed by atoms with Crippen LogP contribution in [0.5, 0.6) is 5.75 Å². The van der Waals surface area contributed by atoms with Crippen molar-refractivity contribution in [3.8, 4) is 5.75 Å². The molecule has 20 heavy (non-hydrogen) atoms. The summed E-state index contributed by atoms with van der Waals surface area (Å²) in [6.45, 7) is 8.11. The molecule has 110 valence electrons. The molecule has 0 aliphatic carbocycles. The molecule has 2 rings (SSSR count). The highest BCUT2D eigenvalue weighted by atomic mass is 16.5. The SMILES string of the molecule is Cc1ccc(C)c(OCCC(=O)N2CCN(C)CC2)c1. The molecule has 4 heteroatoms. The van der Waals surface area contributed by atoms with Crippen LogP contribution in [0.15, 0.2) is 18.2 Å². The van der Waals surface area contributed by atoms with E-state index in [4.69, 9.17) is 4.74 Å². The zero-order valence-corrected chi connectivity index (χ0v) is 12.7. The van der Waals surface area contributed by atoms with Crippen molar-refractivity contribution in [2.45, 2.75) is 20.3 Å². The van der Waals surface area contributed by atoms with Gasteiger partial charge in [-0.25, -0.2) is 0 Å². The van der Waals surface area contributed by atoms with Gasteiger partial charge in [-0.3, -0.25) is 4.79 Å². The van der Waals surface area contributed by atoms with Gasteiger partial charge in [0.15, 0.2) is 0 Å². The van der Waals surface area contributed by atoms with Gasteiger partial charge in [0.25, 0.3) is 0 Å². The van der Waals surface area contributed by atoms with Crippen molar-refractivity contribution >= 4 is 5.91 Å². The number of carbonyl (C=O) groups is 1. The van der Waals surface area contributed by atoms with E-state index in [0.717, 1.165) is 37.5 Å². The van der Waals surface area contributed by atoms with Crippen LogP contribution in [0.25, 0.3) is 0 Å². The van der Waals surface area contributed by atoms with E-state index < -0.39 is 0 Å². The van der Waals surface area contributed by atoms with Gasteiger partial charge in [0.05, 0.1) is 13.0 Å². The number of hydrogen-bond donors (Lipinski definition) is 0. The molecule has 1 amide bonds. The van der Waals surface area contributed by atoms with Gasteiger partial charge in [-0.15, -0.1) is 0 Å². The van der Waals surface area contributed by atoms with Crippen LogP contribution in [0.1, 0.15) is 17.5 Å². The molecule has 1 aliphatic rings. The van der Waals surface area contributed by atoms with Crippen molar-refractivity contribution in [2.24, 2.45) is 0 Å². The Balaban J connectivity index is 1.78. The van der Waals surface area contributed by atoms with Crippen molar-refractivity contribution in [3.63, 3.8) is 0 Å². The Morgan fingerprint density at radius 3 is 2.60 bits per heavy atom. The standard InChI is InChI=1S/C16H24N2O2/c1-13-4-5-14(2)15(12-13)20-11-6-16(19)18-9-7-17(3)8-10-18/h4-5,12H,6-11H2,1-3H3. The second-order valence-electron chi connectivity index (χ2n) is 5.55. The summed E-state index contributed by atoms with van der Waals surface area (Å²) in [5.41, 5.74) is 2.29. The van der Waals surface area contributed by atoms with Gasteiger partial charge >= 0.3 is 0 Å². The highest BCUT2D eigenvalue weighted by molar-refractivity contribution is 5.76. The minimum atomic E-state index is 0.198. The van der Waals surface area contributed by atoms with Crippen molar-refractivity contribution in [1.29, 1.82) is 0 Å². The fourth-order valence-corrected chi connectivity index (χ4v) is 2.33. The fraction of sp³-hybridized carbons (Fsp3) is 0.562. The molecule has 1 heterocycles. The van der Waals surface area contributed by atoms with Crippen LogP contribution in [0.4, 0.5) is 0 Å². The van der Waals surface area contributed by atoms with Gasteiger partial charge in [-0.2, -0.15) is 0 Å². The van der Waals surface area contributed by atoms with E-state index in [1.807, 2.05) is 30.9 Å². The van der Waals surface area contributed by atoms with E-state index in [1.54, 1.807) is 0 Å². The highest BCUT2D eigenvalue weighted by Gasteiger charge is 2.18. The summed E-state index contributed by atoms with van der Waals surface area (Å²) in [4.78, 5) is 16.3. The molecule has 1 aromatic carbocycles. The number of nitrogens with zero attached hydrogens (tertiary/aromatic N) is 2. The van der Waals surface area contributed by atoms with Gasteiger partial charge in [0, 0.05) is 26.2 Å². The predicted molar refractivity (Wildman–Crippen MR) is 80.1 cm³/mol. The van der Waals surface area contributed by atoms with E-state index in [9.17, 15) is 4.79 Å². The molecule has 0 aromatic heterocycles. The van der Waals surface area contributed by atoms with Crippen molar-refractivity contribution < 1.29 is 9.53 Å². The number of piperazine rings is 1. The van der Waals surface area contributed by atoms with Crippen LogP contribution in [0, 0.1) is 13.8 Å². The van der Waals surface area contributed by atoms with Crippen LogP contribution in [-0.2, 0) is 4.79 Å². The summed E-state index contributed by atoms with van der Waals surface area (Å²) in [5.74, 6) is 1.08. The molecule has 1 aliphatic heterocycles. The Hall–Kier alpha value is -1.55. The van der Waals surface area contributed by atoms with Gasteiger partial charge in [0.1, 0.15) is 5.75 Å². The molecular formula is C16H24N2O2. The van der Waals surface area contributed by atoms with Gasteiger partial charge in [0.2, 0.25) is 5.91 Å². The molecule has 0 bridgehead atoms. The van der Waals surface area contributed by atoms with E-state index in [1.165, 1.54) is 5.56 Å². The quantitative estimate of drug-likeness (QED) is 0.841. The summed E-state index contributed by atoms with van der Waals surface area (Å²) in [6.07, 6.45) is 0.455. The Kier molecular flexibility index (Phi) is 5.01. The Bertz CT molecular complexity index is 466. The molecule has 0 unspecified atom stereocenters. The van der Waals surface area contributed by atoms with E-state index in [0.29, 0.717) is 13.0 Å². The largest absolute Gasteiger partial charge is 0.493 e. The Morgan fingerprint density at radius 1 is 1.20 bits per heavy atom. The number of aryl methyl sites for hydroxylation is 2. The number of rotatable bonds is 4. The maximum atomic E-state index is 12.1. The zero-order chi connectivity index (χ0) is 14.5. The molecule has 4 nitrogen and oxygen atoms in total. The third kappa shape index (κ3) is 3.97. The third-order valence-corrected chi connectivity index (χ3v) is 3.77. The summed E-state index contributed by atoms with van der Waals surface area (Å²) >= 11 is 0. The molecule has 0 N–H and O–H groups in total. The van der Waals surface area contributed by atoms with Crippen molar-refractivity contribution in [2.75, 3.05) is 39.8 Å². The number of benzene rings is 1. The summed E-state index contributed by atoms with van der Waals surface area (Å²) in [6, 6.07) is 6.14. The minimum absolute atomic E-state index is 0.198. The van der Waals surface area contributed by atoms with Crippen LogP contribution < -0.4 is 4.74 Å². The van der Waals surface area contributed by atoms with Gasteiger partial charge in [-0.1, -0.05) is 12.1 Å². The smallest absolute Gasteiger partial charge is 0.226 e. The molecule has 0 spiro atoms. The van der Waals surface area contributed by atoms with Crippen LogP contribution in [0.2, 0.25) is 0 Å². The minimum Gasteiger partial charge on any atom is -0.493 e. The average Bonchev–Trinajstić information content (AvgIpc) is 2.43. The first-order valence-corrected chi connectivity index (χ1v) is 7.22. The molecule has 1 saturated heterocycles. The number of ether oxygens (including phenoxy) is 1. The monoisotopic (exact) mass is 276 g/mol. The molecule has 0 atom stereocenters. The fourth-order valence-electron chi connectivity index (χ4n) is 2.33. The molecule has 1 aromatic rings. The maximum Gasteiger partial charge on any atom is 0.226 e. The third-order valence-electron chi connectivity index (χ3n) is 3.77. The first-order chi connectivity index (χ1) is 9.56. The molecule has 1 fully saturated rings. The molecular weight excluding hydrogens is 252 g/mol. The number of amides is 1. The molecule has 0 radical (unpaired) electrons. The second kappa shape index (κ2) is 6.75. The first kappa shape index (κ1) is 14.9. The van der Waals surface area contributed by atoms with E-state index in [2.05, 4.69) is 18.0 Å². The first-order valence-electron chi connectivity index (χ1n) is 7.22. The highest BCUT2D eigenvalue weighted by Crippen LogP contribution is 2.19. The van der Waals surface area contributed by atoms with Crippen molar-refractivity contribution in [3.05, 3.63) is 29.3 Å². The number of likely N-dealkylation sites (N-methyl/N-ethyl adjacent to an activating group) is 1. The zero-order valence-electron chi connectivity index (χ0n) is 12.7. The lowest BCUT2D eigenvalue weighted by Gasteiger charge is -2.32. The summed E-state index contributed by atoms with van der Waals surface area (Å²) in [5, 5.41) is 0. The summed E-state index contributed by atoms with van der Waals surface area (Å²) < 4.78 is 5.74. The average molecular weight is 276 g/mol. The van der Waals surface area contributed by atoms with Crippen LogP contribution in [0.3, 0.4) is 0 Å². The maximum absolute atomic E-state index is 12.1. The van der Waals surface area contributed by atoms with Crippen molar-refractivity contribution in [1.82, 2.24) is 9.80 Å². The second-order valence-corrected chi connectivity index (χ2v) is 5.55. The van der Waals surface area contributed by atoms with Gasteiger partial charge < -0.3 is 14.5 Å². The van der Waals surface area contributed by atoms with E-state index in [-0.39, 0.29) is 5.91 Å². The van der Waals surface area contributed by atoms with Crippen LogP contribution >= 0.6 is 0 Å². The number of hydrogen-bond acceptors (Lipinski definition) is 3. The van der Waals surface area contributed by atoms with Gasteiger partial charge in [-0.05, 0) is 38.1 Å². The molecule has 0 saturated carbocycles. The topological polar surface area (TPSA) is 32.8 Å². The lowest BCUT2D eigenvalue weighted by Crippen LogP contribution is -2.47. The summed E-state index contributed by atoms with van der Waals surface area (Å²) in [7, 11) is 2.09. The van der Waals surface area contributed by atoms with E-state index >= 15 is 0 Å².